The van der Waals surface area contributed by atoms with Crippen LogP contribution in [0.1, 0.15) is 46.0 Å². The fourth-order valence-corrected chi connectivity index (χ4v) is 1.60. The molecule has 16 heavy (non-hydrogen) atoms. The molecule has 0 aromatic carbocycles. The van der Waals surface area contributed by atoms with E-state index in [1.165, 1.54) is 5.57 Å². The average molecular weight is 244 g/mol. The molecule has 0 aromatic heterocycles. The maximum atomic E-state index is 11.1. The quantitative estimate of drug-likeness (QED) is 0.395. The fraction of sp³-hybridized carbons (Fsp3) is 0.615. The van der Waals surface area contributed by atoms with Crippen molar-refractivity contribution in [3.63, 3.8) is 0 Å². The van der Waals surface area contributed by atoms with Gasteiger partial charge < -0.3 is 5.73 Å². The summed E-state index contributed by atoms with van der Waals surface area (Å²) < 4.78 is 0. The van der Waals surface area contributed by atoms with Gasteiger partial charge in [-0.25, -0.2) is 0 Å². The van der Waals surface area contributed by atoms with Gasteiger partial charge >= 0.3 is 0 Å². The molecule has 0 aliphatic rings. The molecule has 0 spiro atoms. The molecule has 92 valence electrons. The van der Waals surface area contributed by atoms with Crippen molar-refractivity contribution in [2.24, 2.45) is 5.73 Å². The molecule has 0 aromatic rings. The molecule has 2 N–H and O–H groups in total. The lowest BCUT2D eigenvalue weighted by molar-refractivity contribution is -0.114. The molecular formula is C13H22ClNO. The Hall–Kier alpha value is -0.760. The van der Waals surface area contributed by atoms with Crippen molar-refractivity contribution in [1.29, 1.82) is 0 Å². The predicted octanol–water partition coefficient (Wildman–Crippen LogP) is 3.55. The van der Waals surface area contributed by atoms with E-state index in [9.17, 15) is 4.79 Å². The number of hydrogen-bond acceptors (Lipinski definition) is 1. The number of carbonyl (C=O) groups is 1. The number of unbranched alkanes of at least 4 members (excludes halogenated alkanes) is 1. The van der Waals surface area contributed by atoms with Crippen LogP contribution >= 0.6 is 11.6 Å². The van der Waals surface area contributed by atoms with Gasteiger partial charge in [-0.05, 0) is 19.3 Å². The molecule has 0 atom stereocenters. The van der Waals surface area contributed by atoms with Crippen LogP contribution in [0.3, 0.4) is 0 Å². The third-order valence-electron chi connectivity index (χ3n) is 2.38. The number of hydrogen-bond donors (Lipinski definition) is 1. The van der Waals surface area contributed by atoms with Gasteiger partial charge in [0.25, 0.3) is 0 Å². The predicted molar refractivity (Wildman–Crippen MR) is 70.5 cm³/mol. The van der Waals surface area contributed by atoms with Crippen LogP contribution in [-0.2, 0) is 4.79 Å². The lowest BCUT2D eigenvalue weighted by Gasteiger charge is -2.02. The van der Waals surface area contributed by atoms with Crippen molar-refractivity contribution >= 4 is 17.5 Å². The normalized spacial score (nSPS) is 12.9. The zero-order valence-corrected chi connectivity index (χ0v) is 11.0. The third kappa shape index (κ3) is 6.67. The number of carbonyl (C=O) groups excluding carboxylic acids is 1. The standard InChI is InChI=1S/C13H22ClNO/c1-3-5-7-11(10-14)8-9-12(6-4-2)13(15)16/h8-9H,3-7,10H2,1-2H3,(H2,15,16). The van der Waals surface area contributed by atoms with Gasteiger partial charge in [-0.15, -0.1) is 11.6 Å². The fourth-order valence-electron chi connectivity index (χ4n) is 1.37. The highest BCUT2D eigenvalue weighted by Gasteiger charge is 2.02. The second-order valence-electron chi connectivity index (χ2n) is 3.87. The summed E-state index contributed by atoms with van der Waals surface area (Å²) in [4.78, 5) is 11.1. The third-order valence-corrected chi connectivity index (χ3v) is 2.72. The van der Waals surface area contributed by atoms with Crippen LogP contribution in [0.2, 0.25) is 0 Å². The monoisotopic (exact) mass is 243 g/mol. The summed E-state index contributed by atoms with van der Waals surface area (Å²) in [7, 11) is 0. The van der Waals surface area contributed by atoms with E-state index < -0.39 is 0 Å². The Morgan fingerprint density at radius 1 is 1.19 bits per heavy atom. The molecule has 0 bridgehead atoms. The second-order valence-corrected chi connectivity index (χ2v) is 4.14. The molecule has 0 fully saturated rings. The van der Waals surface area contributed by atoms with E-state index in [1.807, 2.05) is 19.1 Å². The number of amides is 1. The van der Waals surface area contributed by atoms with Crippen LogP contribution in [0.15, 0.2) is 23.3 Å². The minimum Gasteiger partial charge on any atom is -0.366 e. The summed E-state index contributed by atoms with van der Waals surface area (Å²) in [5.41, 5.74) is 7.13. The van der Waals surface area contributed by atoms with Crippen molar-refractivity contribution in [3.05, 3.63) is 23.3 Å². The highest BCUT2D eigenvalue weighted by atomic mass is 35.5. The molecule has 0 rings (SSSR count). The molecular weight excluding hydrogens is 222 g/mol. The Morgan fingerprint density at radius 3 is 2.31 bits per heavy atom. The Labute approximate surface area is 104 Å². The van der Waals surface area contributed by atoms with Crippen LogP contribution < -0.4 is 5.73 Å². The number of primary amides is 1. The molecule has 0 unspecified atom stereocenters. The molecule has 0 saturated heterocycles. The van der Waals surface area contributed by atoms with Crippen LogP contribution in [0.4, 0.5) is 0 Å². The zero-order valence-electron chi connectivity index (χ0n) is 10.3. The van der Waals surface area contributed by atoms with Crippen molar-refractivity contribution in [2.45, 2.75) is 46.0 Å². The summed E-state index contributed by atoms with van der Waals surface area (Å²) in [6, 6.07) is 0. The van der Waals surface area contributed by atoms with Gasteiger partial charge in [0.2, 0.25) is 5.91 Å². The highest BCUT2D eigenvalue weighted by molar-refractivity contribution is 6.19. The summed E-state index contributed by atoms with van der Waals surface area (Å²) in [6.45, 7) is 4.17. The van der Waals surface area contributed by atoms with Crippen molar-refractivity contribution in [2.75, 3.05) is 5.88 Å². The van der Waals surface area contributed by atoms with Crippen LogP contribution in [0.25, 0.3) is 0 Å². The van der Waals surface area contributed by atoms with E-state index in [0.717, 1.165) is 32.1 Å². The minimum atomic E-state index is -0.331. The van der Waals surface area contributed by atoms with E-state index in [1.54, 1.807) is 0 Å². The van der Waals surface area contributed by atoms with E-state index >= 15 is 0 Å². The first-order valence-electron chi connectivity index (χ1n) is 5.90. The first-order chi connectivity index (χ1) is 7.65. The largest absolute Gasteiger partial charge is 0.366 e. The van der Waals surface area contributed by atoms with Gasteiger partial charge in [0.05, 0.1) is 0 Å². The average Bonchev–Trinajstić information content (AvgIpc) is 2.27. The summed E-state index contributed by atoms with van der Waals surface area (Å²) in [5, 5.41) is 0. The van der Waals surface area contributed by atoms with Gasteiger partial charge in [0.15, 0.2) is 0 Å². The molecule has 0 aliphatic heterocycles. The molecule has 2 nitrogen and oxygen atoms in total. The second kappa shape index (κ2) is 9.46. The number of halogens is 1. The summed E-state index contributed by atoms with van der Waals surface area (Å²) in [6.07, 6.45) is 8.69. The zero-order chi connectivity index (χ0) is 12.4. The number of allylic oxidation sites excluding steroid dienone is 3. The molecule has 3 heteroatoms. The molecule has 0 heterocycles. The minimum absolute atomic E-state index is 0.331. The first kappa shape index (κ1) is 15.2. The van der Waals surface area contributed by atoms with Gasteiger partial charge in [-0.1, -0.05) is 44.4 Å². The molecule has 0 aliphatic carbocycles. The van der Waals surface area contributed by atoms with Crippen LogP contribution in [0.5, 0.6) is 0 Å². The van der Waals surface area contributed by atoms with Gasteiger partial charge in [0, 0.05) is 11.5 Å². The summed E-state index contributed by atoms with van der Waals surface area (Å²) >= 11 is 5.83. The number of rotatable bonds is 8. The Kier molecular flexibility index (Phi) is 9.02. The number of alkyl halides is 1. The Bertz CT molecular complexity index is 269. The van der Waals surface area contributed by atoms with E-state index in [4.69, 9.17) is 17.3 Å². The highest BCUT2D eigenvalue weighted by Crippen LogP contribution is 2.11. The van der Waals surface area contributed by atoms with Crippen molar-refractivity contribution in [3.8, 4) is 0 Å². The van der Waals surface area contributed by atoms with Gasteiger partial charge in [-0.2, -0.15) is 0 Å². The van der Waals surface area contributed by atoms with E-state index in [-0.39, 0.29) is 5.91 Å². The maximum absolute atomic E-state index is 11.1. The van der Waals surface area contributed by atoms with Crippen LogP contribution in [-0.4, -0.2) is 11.8 Å². The van der Waals surface area contributed by atoms with Gasteiger partial charge in [0.1, 0.15) is 0 Å². The summed E-state index contributed by atoms with van der Waals surface area (Å²) in [5.74, 6) is 0.191. The van der Waals surface area contributed by atoms with Crippen molar-refractivity contribution in [1.82, 2.24) is 0 Å². The van der Waals surface area contributed by atoms with Gasteiger partial charge in [-0.3, -0.25) is 4.79 Å². The van der Waals surface area contributed by atoms with Crippen molar-refractivity contribution < 1.29 is 4.79 Å². The maximum Gasteiger partial charge on any atom is 0.244 e. The van der Waals surface area contributed by atoms with Crippen LogP contribution in [0, 0.1) is 0 Å². The SMILES string of the molecule is CCCCC(=CC=C(CCC)C(N)=O)CCl. The Balaban J connectivity index is 4.54. The Morgan fingerprint density at radius 2 is 1.88 bits per heavy atom. The molecule has 0 radical (unpaired) electrons. The lowest BCUT2D eigenvalue weighted by Crippen LogP contribution is -2.13. The topological polar surface area (TPSA) is 43.1 Å². The molecule has 0 saturated carbocycles. The van der Waals surface area contributed by atoms with E-state index in [2.05, 4.69) is 6.92 Å². The molecule has 1 amide bonds. The first-order valence-corrected chi connectivity index (χ1v) is 6.43. The lowest BCUT2D eigenvalue weighted by atomic mass is 10.1. The number of nitrogens with two attached hydrogens (primary N) is 1. The van der Waals surface area contributed by atoms with E-state index in [0.29, 0.717) is 11.5 Å². The smallest absolute Gasteiger partial charge is 0.244 e.